The highest BCUT2D eigenvalue weighted by Crippen LogP contribution is 2.26. The van der Waals surface area contributed by atoms with Crippen LogP contribution in [0.15, 0.2) is 0 Å². The molecule has 4 N–H and O–H groups in total. The van der Waals surface area contributed by atoms with E-state index < -0.39 is 6.03 Å². The summed E-state index contributed by atoms with van der Waals surface area (Å²) in [7, 11) is 0. The van der Waals surface area contributed by atoms with Gasteiger partial charge >= 0.3 is 6.03 Å². The zero-order valence-electron chi connectivity index (χ0n) is 11.2. The Labute approximate surface area is 108 Å². The maximum absolute atomic E-state index is 11.9. The maximum Gasteiger partial charge on any atom is 0.321 e. The van der Waals surface area contributed by atoms with E-state index in [1.165, 1.54) is 6.42 Å². The molecule has 104 valence electrons. The Morgan fingerprint density at radius 1 is 1.44 bits per heavy atom. The van der Waals surface area contributed by atoms with Crippen LogP contribution < -0.4 is 16.4 Å². The normalized spacial score (nSPS) is 17.1. The lowest BCUT2D eigenvalue weighted by Gasteiger charge is -2.40. The number of urea groups is 1. The van der Waals surface area contributed by atoms with Gasteiger partial charge in [0.25, 0.3) is 0 Å². The minimum absolute atomic E-state index is 0.263. The molecule has 0 radical (unpaired) electrons. The SMILES string of the molecule is CCNC(=O)NC(=O)C(C)N(CCN)C1CCC1. The Bertz CT molecular complexity index is 292. The lowest BCUT2D eigenvalue weighted by Crippen LogP contribution is -2.55. The summed E-state index contributed by atoms with van der Waals surface area (Å²) in [6.45, 7) is 5.34. The van der Waals surface area contributed by atoms with E-state index >= 15 is 0 Å². The third-order valence-corrected chi connectivity index (χ3v) is 3.38. The number of nitrogens with one attached hydrogen (secondary N) is 2. The first-order valence-electron chi connectivity index (χ1n) is 6.64. The van der Waals surface area contributed by atoms with E-state index in [9.17, 15) is 9.59 Å². The van der Waals surface area contributed by atoms with E-state index in [-0.39, 0.29) is 11.9 Å². The number of imide groups is 1. The van der Waals surface area contributed by atoms with Crippen molar-refractivity contribution in [2.24, 2.45) is 5.73 Å². The predicted molar refractivity (Wildman–Crippen MR) is 70.1 cm³/mol. The highest BCUT2D eigenvalue weighted by molar-refractivity contribution is 5.96. The van der Waals surface area contributed by atoms with E-state index in [1.807, 2.05) is 13.8 Å². The minimum atomic E-state index is -0.435. The van der Waals surface area contributed by atoms with Crippen LogP contribution in [0, 0.1) is 0 Å². The van der Waals surface area contributed by atoms with E-state index in [0.717, 1.165) is 12.8 Å². The molecule has 0 aliphatic heterocycles. The van der Waals surface area contributed by atoms with Crippen LogP contribution in [0.25, 0.3) is 0 Å². The molecule has 0 saturated heterocycles. The molecule has 0 bridgehead atoms. The van der Waals surface area contributed by atoms with Gasteiger partial charge in [-0.15, -0.1) is 0 Å². The second-order valence-electron chi connectivity index (χ2n) is 4.64. The smallest absolute Gasteiger partial charge is 0.321 e. The van der Waals surface area contributed by atoms with Crippen LogP contribution in [0.1, 0.15) is 33.1 Å². The zero-order chi connectivity index (χ0) is 13.5. The van der Waals surface area contributed by atoms with Gasteiger partial charge in [-0.05, 0) is 26.7 Å². The lowest BCUT2D eigenvalue weighted by atomic mass is 9.90. The predicted octanol–water partition coefficient (Wildman–Crippen LogP) is 0.0338. The fourth-order valence-corrected chi connectivity index (χ4v) is 2.13. The summed E-state index contributed by atoms with van der Waals surface area (Å²) in [6.07, 6.45) is 3.42. The molecule has 1 saturated carbocycles. The number of rotatable bonds is 6. The molecule has 1 aliphatic rings. The number of hydrogen-bond donors (Lipinski definition) is 3. The Kier molecular flexibility index (Phi) is 6.07. The molecule has 0 heterocycles. The molecule has 0 spiro atoms. The van der Waals surface area contributed by atoms with Crippen molar-refractivity contribution in [3.05, 3.63) is 0 Å². The summed E-state index contributed by atoms with van der Waals surface area (Å²) in [6, 6.07) is -0.319. The summed E-state index contributed by atoms with van der Waals surface area (Å²) in [4.78, 5) is 25.3. The first kappa shape index (κ1) is 14.9. The second-order valence-corrected chi connectivity index (χ2v) is 4.64. The first-order chi connectivity index (χ1) is 8.60. The average Bonchev–Trinajstić information content (AvgIpc) is 2.25. The number of hydrogen-bond acceptors (Lipinski definition) is 4. The Morgan fingerprint density at radius 3 is 2.56 bits per heavy atom. The van der Waals surface area contributed by atoms with Gasteiger partial charge in [0.1, 0.15) is 0 Å². The molecule has 6 heteroatoms. The first-order valence-corrected chi connectivity index (χ1v) is 6.64. The molecule has 0 aromatic heterocycles. The van der Waals surface area contributed by atoms with Gasteiger partial charge in [-0.2, -0.15) is 0 Å². The molecule has 1 rings (SSSR count). The van der Waals surface area contributed by atoms with Crippen LogP contribution in [0.3, 0.4) is 0 Å². The van der Waals surface area contributed by atoms with Gasteiger partial charge in [-0.1, -0.05) is 6.42 Å². The van der Waals surface area contributed by atoms with Gasteiger partial charge in [0.05, 0.1) is 6.04 Å². The van der Waals surface area contributed by atoms with Crippen LogP contribution in [0.4, 0.5) is 4.79 Å². The third-order valence-electron chi connectivity index (χ3n) is 3.38. The summed E-state index contributed by atoms with van der Waals surface area (Å²) in [5, 5.41) is 4.90. The largest absolute Gasteiger partial charge is 0.338 e. The molecule has 0 aromatic rings. The Morgan fingerprint density at radius 2 is 2.11 bits per heavy atom. The summed E-state index contributed by atoms with van der Waals surface area (Å²) in [5.41, 5.74) is 5.58. The van der Waals surface area contributed by atoms with Crippen molar-refractivity contribution in [2.75, 3.05) is 19.6 Å². The van der Waals surface area contributed by atoms with Crippen molar-refractivity contribution >= 4 is 11.9 Å². The van der Waals surface area contributed by atoms with Gasteiger partial charge < -0.3 is 11.1 Å². The van der Waals surface area contributed by atoms with Crippen molar-refractivity contribution in [1.29, 1.82) is 0 Å². The Balaban J connectivity index is 2.50. The average molecular weight is 256 g/mol. The van der Waals surface area contributed by atoms with E-state index in [1.54, 1.807) is 0 Å². The molecule has 1 fully saturated rings. The van der Waals surface area contributed by atoms with Crippen molar-refractivity contribution in [2.45, 2.75) is 45.2 Å². The highest BCUT2D eigenvalue weighted by Gasteiger charge is 2.31. The molecule has 1 unspecified atom stereocenters. The molecular formula is C12H24N4O2. The Hall–Kier alpha value is -1.14. The minimum Gasteiger partial charge on any atom is -0.338 e. The maximum atomic E-state index is 11.9. The van der Waals surface area contributed by atoms with E-state index in [2.05, 4.69) is 15.5 Å². The van der Waals surface area contributed by atoms with Crippen molar-refractivity contribution in [3.8, 4) is 0 Å². The van der Waals surface area contributed by atoms with Gasteiger partial charge in [0.2, 0.25) is 5.91 Å². The van der Waals surface area contributed by atoms with Crippen LogP contribution in [-0.2, 0) is 4.79 Å². The molecule has 1 atom stereocenters. The topological polar surface area (TPSA) is 87.5 Å². The quantitative estimate of drug-likeness (QED) is 0.626. The number of carbonyl (C=O) groups is 2. The molecule has 0 aromatic carbocycles. The van der Waals surface area contributed by atoms with Crippen LogP contribution >= 0.6 is 0 Å². The summed E-state index contributed by atoms with van der Waals surface area (Å²) in [5.74, 6) is -0.263. The molecule has 6 nitrogen and oxygen atoms in total. The number of nitrogens with two attached hydrogens (primary N) is 1. The number of nitrogens with zero attached hydrogens (tertiary/aromatic N) is 1. The number of carbonyl (C=O) groups excluding carboxylic acids is 2. The van der Waals surface area contributed by atoms with Gasteiger partial charge in [0, 0.05) is 25.7 Å². The van der Waals surface area contributed by atoms with Crippen molar-refractivity contribution in [3.63, 3.8) is 0 Å². The summed E-state index contributed by atoms with van der Waals surface area (Å²) < 4.78 is 0. The zero-order valence-corrected chi connectivity index (χ0v) is 11.2. The van der Waals surface area contributed by atoms with Crippen molar-refractivity contribution < 1.29 is 9.59 Å². The van der Waals surface area contributed by atoms with Crippen LogP contribution in [-0.4, -0.2) is 48.6 Å². The molecule has 1 aliphatic carbocycles. The fourth-order valence-electron chi connectivity index (χ4n) is 2.13. The van der Waals surface area contributed by atoms with Crippen molar-refractivity contribution in [1.82, 2.24) is 15.5 Å². The molecule has 3 amide bonds. The van der Waals surface area contributed by atoms with Gasteiger partial charge in [-0.25, -0.2) is 4.79 Å². The highest BCUT2D eigenvalue weighted by atomic mass is 16.2. The third kappa shape index (κ3) is 3.96. The number of amides is 3. The van der Waals surface area contributed by atoms with Crippen LogP contribution in [0.2, 0.25) is 0 Å². The monoisotopic (exact) mass is 256 g/mol. The van der Waals surface area contributed by atoms with E-state index in [0.29, 0.717) is 25.7 Å². The standard InChI is InChI=1S/C12H24N4O2/c1-3-14-12(18)15-11(17)9(2)16(8-7-13)10-5-4-6-10/h9-10H,3-8,13H2,1-2H3,(H2,14,15,17,18). The fraction of sp³-hybridized carbons (Fsp3) is 0.833. The van der Waals surface area contributed by atoms with Crippen LogP contribution in [0.5, 0.6) is 0 Å². The lowest BCUT2D eigenvalue weighted by molar-refractivity contribution is -0.126. The second kappa shape index (κ2) is 7.33. The van der Waals surface area contributed by atoms with Gasteiger partial charge in [-0.3, -0.25) is 15.0 Å². The molecule has 18 heavy (non-hydrogen) atoms. The molecular weight excluding hydrogens is 232 g/mol. The van der Waals surface area contributed by atoms with Gasteiger partial charge in [0.15, 0.2) is 0 Å². The summed E-state index contributed by atoms with van der Waals surface area (Å²) >= 11 is 0. The van der Waals surface area contributed by atoms with E-state index in [4.69, 9.17) is 5.73 Å².